The van der Waals surface area contributed by atoms with Crippen LogP contribution < -0.4 is 0 Å². The maximum Gasteiger partial charge on any atom is 0.129 e. The summed E-state index contributed by atoms with van der Waals surface area (Å²) in [5.41, 5.74) is 3.53. The van der Waals surface area contributed by atoms with E-state index in [-0.39, 0.29) is 0 Å². The minimum absolute atomic E-state index is 0.431. The van der Waals surface area contributed by atoms with Crippen molar-refractivity contribution >= 4 is 11.6 Å². The van der Waals surface area contributed by atoms with Crippen LogP contribution in [-0.4, -0.2) is 24.5 Å². The molecule has 0 atom stereocenters. The van der Waals surface area contributed by atoms with Crippen LogP contribution >= 0.6 is 11.6 Å². The number of nitrogens with zero attached hydrogens (tertiary/aromatic N) is 5. The van der Waals surface area contributed by atoms with E-state index in [4.69, 9.17) is 11.6 Å². The number of aromatic nitrogens is 5. The first-order valence-corrected chi connectivity index (χ1v) is 6.65. The highest BCUT2D eigenvalue weighted by Crippen LogP contribution is 2.24. The van der Waals surface area contributed by atoms with Gasteiger partial charge in [-0.05, 0) is 6.07 Å². The zero-order chi connectivity index (χ0) is 14.8. The predicted octanol–water partition coefficient (Wildman–Crippen LogP) is 2.27. The Morgan fingerprint density at radius 1 is 1.00 bits per heavy atom. The number of hydrogen-bond acceptors (Lipinski definition) is 3. The predicted molar refractivity (Wildman–Crippen MR) is 80.6 cm³/mol. The van der Waals surface area contributed by atoms with Gasteiger partial charge in [0.1, 0.15) is 5.15 Å². The molecular weight excluding hydrogens is 286 g/mol. The molecule has 5 nitrogen and oxygen atoms in total. The lowest BCUT2D eigenvalue weighted by Crippen LogP contribution is -1.87. The fourth-order valence-corrected chi connectivity index (χ4v) is 2.11. The highest BCUT2D eigenvalue weighted by Gasteiger charge is 2.07. The minimum atomic E-state index is 0.431. The van der Waals surface area contributed by atoms with E-state index in [9.17, 15) is 0 Å². The van der Waals surface area contributed by atoms with E-state index < -0.39 is 0 Å². The third-order valence-electron chi connectivity index (χ3n) is 2.93. The molecule has 6 heteroatoms. The van der Waals surface area contributed by atoms with Crippen LogP contribution in [0.2, 0.25) is 5.15 Å². The SMILES string of the molecule is Cn1cc(C#Cc2cnc(Cl)cc2-c2cnn(C)c2)cn1. The van der Waals surface area contributed by atoms with E-state index in [0.717, 1.165) is 22.3 Å². The summed E-state index contributed by atoms with van der Waals surface area (Å²) in [5, 5.41) is 8.70. The topological polar surface area (TPSA) is 48.5 Å². The summed E-state index contributed by atoms with van der Waals surface area (Å²) in [6.07, 6.45) is 8.95. The molecule has 3 rings (SSSR count). The van der Waals surface area contributed by atoms with Crippen molar-refractivity contribution in [2.24, 2.45) is 14.1 Å². The number of hydrogen-bond donors (Lipinski definition) is 0. The van der Waals surface area contributed by atoms with E-state index in [0.29, 0.717) is 5.15 Å². The normalized spacial score (nSPS) is 10.2. The van der Waals surface area contributed by atoms with Gasteiger partial charge in [0.15, 0.2) is 0 Å². The number of pyridine rings is 1. The fourth-order valence-electron chi connectivity index (χ4n) is 1.95. The molecular formula is C15H12ClN5. The largest absolute Gasteiger partial charge is 0.275 e. The molecule has 0 aliphatic rings. The molecule has 0 fully saturated rings. The maximum atomic E-state index is 5.99. The quantitative estimate of drug-likeness (QED) is 0.511. The molecule has 0 saturated heterocycles. The fraction of sp³-hybridized carbons (Fsp3) is 0.133. The van der Waals surface area contributed by atoms with Crippen molar-refractivity contribution in [1.82, 2.24) is 24.5 Å². The molecule has 3 aromatic heterocycles. The average Bonchev–Trinajstić information content (AvgIpc) is 3.06. The Morgan fingerprint density at radius 3 is 2.43 bits per heavy atom. The highest BCUT2D eigenvalue weighted by atomic mass is 35.5. The van der Waals surface area contributed by atoms with Crippen LogP contribution in [0.5, 0.6) is 0 Å². The maximum absolute atomic E-state index is 5.99. The average molecular weight is 298 g/mol. The van der Waals surface area contributed by atoms with Crippen molar-refractivity contribution in [1.29, 1.82) is 0 Å². The van der Waals surface area contributed by atoms with Gasteiger partial charge in [0.2, 0.25) is 0 Å². The Labute approximate surface area is 127 Å². The van der Waals surface area contributed by atoms with E-state index in [1.807, 2.05) is 26.5 Å². The van der Waals surface area contributed by atoms with Crippen LogP contribution in [0.4, 0.5) is 0 Å². The summed E-state index contributed by atoms with van der Waals surface area (Å²) < 4.78 is 3.45. The van der Waals surface area contributed by atoms with Crippen LogP contribution in [0.15, 0.2) is 37.1 Å². The Bertz CT molecular complexity index is 850. The molecule has 0 radical (unpaired) electrons. The molecule has 0 aliphatic carbocycles. The molecule has 0 aliphatic heterocycles. The van der Waals surface area contributed by atoms with Crippen molar-refractivity contribution in [2.45, 2.75) is 0 Å². The monoisotopic (exact) mass is 297 g/mol. The van der Waals surface area contributed by atoms with Crippen molar-refractivity contribution in [2.75, 3.05) is 0 Å². The van der Waals surface area contributed by atoms with Crippen molar-refractivity contribution in [3.05, 3.63) is 53.3 Å². The Balaban J connectivity index is 2.05. The van der Waals surface area contributed by atoms with Gasteiger partial charge in [0.05, 0.1) is 23.5 Å². The molecule has 104 valence electrons. The van der Waals surface area contributed by atoms with Gasteiger partial charge in [-0.15, -0.1) is 0 Å². The smallest absolute Gasteiger partial charge is 0.129 e. The molecule has 0 unspecified atom stereocenters. The molecule has 0 spiro atoms. The second-order valence-corrected chi connectivity index (χ2v) is 5.00. The lowest BCUT2D eigenvalue weighted by atomic mass is 10.1. The number of aryl methyl sites for hydroxylation is 2. The molecule has 0 amide bonds. The van der Waals surface area contributed by atoms with E-state index in [2.05, 4.69) is 27.0 Å². The van der Waals surface area contributed by atoms with Crippen LogP contribution in [0.3, 0.4) is 0 Å². The van der Waals surface area contributed by atoms with Crippen LogP contribution in [-0.2, 0) is 14.1 Å². The van der Waals surface area contributed by atoms with E-state index >= 15 is 0 Å². The first-order chi connectivity index (χ1) is 10.1. The summed E-state index contributed by atoms with van der Waals surface area (Å²) in [6.45, 7) is 0. The van der Waals surface area contributed by atoms with Crippen LogP contribution in [0.25, 0.3) is 11.1 Å². The van der Waals surface area contributed by atoms with E-state index in [1.165, 1.54) is 0 Å². The lowest BCUT2D eigenvalue weighted by Gasteiger charge is -2.01. The zero-order valence-corrected chi connectivity index (χ0v) is 12.3. The Hall–Kier alpha value is -2.58. The summed E-state index contributed by atoms with van der Waals surface area (Å²) >= 11 is 5.99. The number of halogens is 1. The van der Waals surface area contributed by atoms with Gasteiger partial charge in [-0.1, -0.05) is 23.4 Å². The Kier molecular flexibility index (Phi) is 3.46. The summed E-state index contributed by atoms with van der Waals surface area (Å²) in [4.78, 5) is 4.10. The highest BCUT2D eigenvalue weighted by molar-refractivity contribution is 6.29. The second kappa shape index (κ2) is 5.43. The first kappa shape index (κ1) is 13.4. The third kappa shape index (κ3) is 2.96. The van der Waals surface area contributed by atoms with Gasteiger partial charge < -0.3 is 0 Å². The van der Waals surface area contributed by atoms with Crippen molar-refractivity contribution in [3.63, 3.8) is 0 Å². The van der Waals surface area contributed by atoms with Gasteiger partial charge >= 0.3 is 0 Å². The second-order valence-electron chi connectivity index (χ2n) is 4.61. The van der Waals surface area contributed by atoms with Crippen LogP contribution in [0.1, 0.15) is 11.1 Å². The molecule has 0 N–H and O–H groups in total. The molecule has 3 heterocycles. The van der Waals surface area contributed by atoms with Crippen molar-refractivity contribution < 1.29 is 0 Å². The van der Waals surface area contributed by atoms with E-state index in [1.54, 1.807) is 34.0 Å². The Morgan fingerprint density at radius 2 is 1.76 bits per heavy atom. The summed E-state index contributed by atoms with van der Waals surface area (Å²) in [6, 6.07) is 1.80. The molecule has 0 aromatic carbocycles. The first-order valence-electron chi connectivity index (χ1n) is 6.27. The van der Waals surface area contributed by atoms with Gasteiger partial charge in [-0.25, -0.2) is 4.98 Å². The summed E-state index contributed by atoms with van der Waals surface area (Å²) in [5.74, 6) is 6.19. The van der Waals surface area contributed by atoms with Crippen molar-refractivity contribution in [3.8, 4) is 23.0 Å². The van der Waals surface area contributed by atoms with Gasteiger partial charge in [-0.2, -0.15) is 10.2 Å². The lowest BCUT2D eigenvalue weighted by molar-refractivity contribution is 0.767. The zero-order valence-electron chi connectivity index (χ0n) is 11.6. The minimum Gasteiger partial charge on any atom is -0.275 e. The molecule has 0 bridgehead atoms. The van der Waals surface area contributed by atoms with Gasteiger partial charge in [0.25, 0.3) is 0 Å². The molecule has 21 heavy (non-hydrogen) atoms. The third-order valence-corrected chi connectivity index (χ3v) is 3.14. The summed E-state index contributed by atoms with van der Waals surface area (Å²) in [7, 11) is 3.73. The number of rotatable bonds is 1. The van der Waals surface area contributed by atoms with Gasteiger partial charge in [0, 0.05) is 43.8 Å². The van der Waals surface area contributed by atoms with Crippen LogP contribution in [0, 0.1) is 11.8 Å². The molecule has 3 aromatic rings. The van der Waals surface area contributed by atoms with Gasteiger partial charge in [-0.3, -0.25) is 9.36 Å². The molecule has 0 saturated carbocycles. The standard InChI is InChI=1S/C15H12ClN5/c1-20-9-11(6-18-20)3-4-12-7-17-15(16)5-14(12)13-8-19-21(2)10-13/h5-10H,1-2H3.